The zero-order valence-corrected chi connectivity index (χ0v) is 16.9. The quantitative estimate of drug-likeness (QED) is 0.490. The van der Waals surface area contributed by atoms with Crippen LogP contribution in [-0.2, 0) is 0 Å². The maximum Gasteiger partial charge on any atom is 0.141 e. The maximum absolute atomic E-state index is 6.10. The van der Waals surface area contributed by atoms with Crippen molar-refractivity contribution in [2.45, 2.75) is 19.4 Å². The van der Waals surface area contributed by atoms with E-state index in [2.05, 4.69) is 63.6 Å². The Morgan fingerprint density at radius 2 is 1.83 bits per heavy atom. The second-order valence-corrected chi connectivity index (χ2v) is 7.55. The van der Waals surface area contributed by atoms with Gasteiger partial charge in [0.25, 0.3) is 0 Å². The number of fused-ring (bicyclic) bond motifs is 1. The monoisotopic (exact) mass is 396 g/mol. The van der Waals surface area contributed by atoms with E-state index in [0.29, 0.717) is 0 Å². The summed E-state index contributed by atoms with van der Waals surface area (Å²) in [7, 11) is 0. The van der Waals surface area contributed by atoms with Gasteiger partial charge in [-0.3, -0.25) is 0 Å². The first-order chi connectivity index (χ1) is 14.8. The van der Waals surface area contributed by atoms with Gasteiger partial charge in [0, 0.05) is 17.6 Å². The number of aromatic nitrogens is 3. The molecule has 1 aliphatic rings. The van der Waals surface area contributed by atoms with Crippen LogP contribution in [0.15, 0.2) is 73.1 Å². The van der Waals surface area contributed by atoms with E-state index in [4.69, 9.17) is 4.74 Å². The van der Waals surface area contributed by atoms with E-state index in [1.807, 2.05) is 30.3 Å². The molecule has 5 heteroatoms. The molecule has 150 valence electrons. The second-order valence-electron chi connectivity index (χ2n) is 7.55. The van der Waals surface area contributed by atoms with Gasteiger partial charge in [-0.1, -0.05) is 36.4 Å². The van der Waals surface area contributed by atoms with Gasteiger partial charge >= 0.3 is 0 Å². The van der Waals surface area contributed by atoms with Crippen LogP contribution >= 0.6 is 0 Å². The van der Waals surface area contributed by atoms with Gasteiger partial charge in [-0.2, -0.15) is 0 Å². The van der Waals surface area contributed by atoms with E-state index in [9.17, 15) is 0 Å². The fraction of sp³-hybridized carbons (Fsp3) is 0.200. The van der Waals surface area contributed by atoms with Crippen molar-refractivity contribution in [1.82, 2.24) is 20.3 Å². The fourth-order valence-corrected chi connectivity index (χ4v) is 3.90. The molecule has 2 N–H and O–H groups in total. The Kier molecular flexibility index (Phi) is 5.03. The van der Waals surface area contributed by atoms with Gasteiger partial charge in [0.05, 0.1) is 5.69 Å². The van der Waals surface area contributed by atoms with Crippen LogP contribution in [-0.4, -0.2) is 28.0 Å². The van der Waals surface area contributed by atoms with Gasteiger partial charge in [-0.25, -0.2) is 9.97 Å². The molecule has 1 atom stereocenters. The Labute approximate surface area is 175 Å². The molecule has 2 aromatic heterocycles. The number of hydrogen-bond acceptors (Lipinski definition) is 4. The molecular weight excluding hydrogens is 372 g/mol. The highest BCUT2D eigenvalue weighted by atomic mass is 16.5. The van der Waals surface area contributed by atoms with Gasteiger partial charge in [-0.15, -0.1) is 0 Å². The molecule has 5 nitrogen and oxygen atoms in total. The molecule has 0 fully saturated rings. The predicted octanol–water partition coefficient (Wildman–Crippen LogP) is 5.14. The average Bonchev–Trinajstić information content (AvgIpc) is 3.25. The van der Waals surface area contributed by atoms with Gasteiger partial charge in [0.1, 0.15) is 23.8 Å². The lowest BCUT2D eigenvalue weighted by molar-refractivity contribution is 0.227. The Hall–Kier alpha value is -3.44. The van der Waals surface area contributed by atoms with Crippen LogP contribution in [0.2, 0.25) is 0 Å². The van der Waals surface area contributed by atoms with Crippen LogP contribution < -0.4 is 10.1 Å². The third kappa shape index (κ3) is 3.72. The summed E-state index contributed by atoms with van der Waals surface area (Å²) < 4.78 is 6.10. The third-order valence-corrected chi connectivity index (χ3v) is 5.54. The molecule has 1 aliphatic heterocycles. The lowest BCUT2D eigenvalue weighted by atomic mass is 10.0. The molecule has 0 spiro atoms. The lowest BCUT2D eigenvalue weighted by Crippen LogP contribution is -2.20. The van der Waals surface area contributed by atoms with Crippen molar-refractivity contribution in [3.8, 4) is 17.0 Å². The van der Waals surface area contributed by atoms with E-state index in [1.54, 1.807) is 6.33 Å². The molecular formula is C25H24N4O. The van der Waals surface area contributed by atoms with Crippen molar-refractivity contribution in [2.75, 3.05) is 13.1 Å². The number of aromatic amines is 1. The Morgan fingerprint density at radius 1 is 1.00 bits per heavy atom. The van der Waals surface area contributed by atoms with Gasteiger partial charge in [0.15, 0.2) is 0 Å². The predicted molar refractivity (Wildman–Crippen MR) is 120 cm³/mol. The van der Waals surface area contributed by atoms with Crippen LogP contribution in [0.25, 0.3) is 27.9 Å². The molecule has 0 saturated carbocycles. The molecule has 1 unspecified atom stereocenters. The average molecular weight is 396 g/mol. The highest BCUT2D eigenvalue weighted by Gasteiger charge is 2.14. The van der Waals surface area contributed by atoms with Crippen molar-refractivity contribution in [3.63, 3.8) is 0 Å². The second kappa shape index (κ2) is 8.13. The highest BCUT2D eigenvalue weighted by Crippen LogP contribution is 2.30. The van der Waals surface area contributed by atoms with Crippen LogP contribution in [0.3, 0.4) is 0 Å². The minimum absolute atomic E-state index is 0.00113. The standard InChI is InChI=1S/C25H24N4O/c1-17(18-5-3-2-4-6-18)30-21-9-7-19(8-10-21)23-15-22-24(20-11-13-26-14-12-20)27-16-28-25(22)29-23/h2-11,15-17,26H,12-14H2,1H3,(H,27,28,29). The first-order valence-corrected chi connectivity index (χ1v) is 10.3. The number of nitrogens with zero attached hydrogens (tertiary/aromatic N) is 2. The van der Waals surface area contributed by atoms with Gasteiger partial charge in [0.2, 0.25) is 0 Å². The Balaban J connectivity index is 1.40. The van der Waals surface area contributed by atoms with E-state index in [0.717, 1.165) is 58.8 Å². The van der Waals surface area contributed by atoms with Gasteiger partial charge < -0.3 is 15.0 Å². The number of hydrogen-bond donors (Lipinski definition) is 2. The smallest absolute Gasteiger partial charge is 0.141 e. The molecule has 2 aromatic carbocycles. The van der Waals surface area contributed by atoms with Gasteiger partial charge in [-0.05, 0) is 66.9 Å². The third-order valence-electron chi connectivity index (χ3n) is 5.54. The van der Waals surface area contributed by atoms with E-state index >= 15 is 0 Å². The van der Waals surface area contributed by atoms with Crippen LogP contribution in [0.4, 0.5) is 0 Å². The molecule has 0 radical (unpaired) electrons. The molecule has 3 heterocycles. The van der Waals surface area contributed by atoms with Crippen LogP contribution in [0.5, 0.6) is 5.75 Å². The minimum atomic E-state index is 0.00113. The summed E-state index contributed by atoms with van der Waals surface area (Å²) in [5.41, 5.74) is 6.47. The van der Waals surface area contributed by atoms with Crippen molar-refractivity contribution in [3.05, 3.63) is 84.3 Å². The summed E-state index contributed by atoms with van der Waals surface area (Å²) >= 11 is 0. The van der Waals surface area contributed by atoms with Crippen molar-refractivity contribution >= 4 is 16.6 Å². The molecule has 0 aliphatic carbocycles. The molecule has 5 rings (SSSR count). The SMILES string of the molecule is CC(Oc1ccc(-c2cc3c(C4=CCNCC4)ncnc3[nH]2)cc1)c1ccccc1. The zero-order valence-electron chi connectivity index (χ0n) is 16.9. The number of ether oxygens (including phenoxy) is 1. The summed E-state index contributed by atoms with van der Waals surface area (Å²) in [5.74, 6) is 0.853. The topological polar surface area (TPSA) is 62.8 Å². The summed E-state index contributed by atoms with van der Waals surface area (Å²) in [5, 5.41) is 4.42. The molecule has 0 amide bonds. The van der Waals surface area contributed by atoms with E-state index in [-0.39, 0.29) is 6.10 Å². The summed E-state index contributed by atoms with van der Waals surface area (Å²) in [6, 6.07) is 20.6. The van der Waals surface area contributed by atoms with Crippen molar-refractivity contribution in [1.29, 1.82) is 0 Å². The minimum Gasteiger partial charge on any atom is -0.486 e. The molecule has 30 heavy (non-hydrogen) atoms. The first kappa shape index (κ1) is 18.6. The number of nitrogens with one attached hydrogen (secondary N) is 2. The number of rotatable bonds is 5. The summed E-state index contributed by atoms with van der Waals surface area (Å²) in [6.45, 7) is 3.94. The van der Waals surface area contributed by atoms with E-state index < -0.39 is 0 Å². The summed E-state index contributed by atoms with van der Waals surface area (Å²) in [4.78, 5) is 12.4. The number of benzene rings is 2. The van der Waals surface area contributed by atoms with E-state index in [1.165, 1.54) is 5.57 Å². The normalized spacial score (nSPS) is 15.0. The first-order valence-electron chi connectivity index (χ1n) is 10.3. The highest BCUT2D eigenvalue weighted by molar-refractivity contribution is 5.92. The van der Waals surface area contributed by atoms with Crippen molar-refractivity contribution in [2.24, 2.45) is 0 Å². The Morgan fingerprint density at radius 3 is 2.60 bits per heavy atom. The molecule has 0 saturated heterocycles. The summed E-state index contributed by atoms with van der Waals surface area (Å²) in [6.07, 6.45) is 4.85. The largest absolute Gasteiger partial charge is 0.486 e. The zero-order chi connectivity index (χ0) is 20.3. The van der Waals surface area contributed by atoms with Crippen LogP contribution in [0, 0.1) is 0 Å². The Bertz CT molecular complexity index is 1180. The van der Waals surface area contributed by atoms with Crippen LogP contribution in [0.1, 0.15) is 30.7 Å². The lowest BCUT2D eigenvalue weighted by Gasteiger charge is -2.15. The van der Waals surface area contributed by atoms with Crippen molar-refractivity contribution < 1.29 is 4.74 Å². The number of H-pyrrole nitrogens is 1. The molecule has 4 aromatic rings. The molecule has 0 bridgehead atoms. The fourth-order valence-electron chi connectivity index (χ4n) is 3.90. The maximum atomic E-state index is 6.10.